The third-order valence-corrected chi connectivity index (χ3v) is 5.41. The highest BCUT2D eigenvalue weighted by Crippen LogP contribution is 2.38. The molecule has 0 spiro atoms. The Labute approximate surface area is 152 Å². The minimum atomic E-state index is -4.26. The highest BCUT2D eigenvalue weighted by Gasteiger charge is 2.20. The number of hydrogen-bond donors (Lipinski definition) is 0. The van der Waals surface area contributed by atoms with Gasteiger partial charge in [0.25, 0.3) is 7.82 Å². The van der Waals surface area contributed by atoms with Crippen LogP contribution in [0.4, 0.5) is 0 Å². The number of phosphoric acid groups is 1. The first-order valence-corrected chi connectivity index (χ1v) is 10.5. The molecule has 0 rings (SSSR count). The molecular weight excluding hydrogens is 345 g/mol. The summed E-state index contributed by atoms with van der Waals surface area (Å²) in [6.07, 6.45) is 1.64. The van der Waals surface area contributed by atoms with Crippen LogP contribution in [0.1, 0.15) is 47.0 Å². The molecule has 0 saturated carbocycles. The van der Waals surface area contributed by atoms with Crippen molar-refractivity contribution < 1.29 is 32.5 Å². The van der Waals surface area contributed by atoms with Crippen LogP contribution in [0.25, 0.3) is 0 Å². The van der Waals surface area contributed by atoms with Crippen LogP contribution < -0.4 is 4.89 Å². The van der Waals surface area contributed by atoms with Crippen molar-refractivity contribution >= 4 is 13.8 Å². The molecule has 0 aromatic heterocycles. The van der Waals surface area contributed by atoms with Gasteiger partial charge in [0, 0.05) is 12.0 Å². The summed E-state index contributed by atoms with van der Waals surface area (Å²) >= 11 is 0. The minimum Gasteiger partial charge on any atom is -0.756 e. The van der Waals surface area contributed by atoms with Crippen LogP contribution in [0, 0.1) is 0 Å². The van der Waals surface area contributed by atoms with E-state index in [4.69, 9.17) is 13.8 Å². The van der Waals surface area contributed by atoms with Gasteiger partial charge in [-0.1, -0.05) is 6.58 Å². The number of hydrogen-bond acceptors (Lipinski definition) is 6. The lowest BCUT2D eigenvalue weighted by Gasteiger charge is -2.36. The molecule has 0 aliphatic heterocycles. The minimum absolute atomic E-state index is 0.0181. The van der Waals surface area contributed by atoms with E-state index >= 15 is 0 Å². The van der Waals surface area contributed by atoms with Crippen LogP contribution >= 0.6 is 7.82 Å². The molecule has 8 heteroatoms. The van der Waals surface area contributed by atoms with E-state index in [0.29, 0.717) is 24.8 Å². The zero-order valence-electron chi connectivity index (χ0n) is 16.1. The number of ether oxygens (including phenoxy) is 1. The molecule has 1 atom stereocenters. The van der Waals surface area contributed by atoms with Gasteiger partial charge in [0.15, 0.2) is 0 Å². The summed E-state index contributed by atoms with van der Waals surface area (Å²) in [5, 5.41) is 0. The van der Waals surface area contributed by atoms with Gasteiger partial charge in [0.1, 0.15) is 0 Å². The van der Waals surface area contributed by atoms with E-state index in [2.05, 4.69) is 27.4 Å². The average Bonchev–Trinajstić information content (AvgIpc) is 2.58. The molecule has 0 fully saturated rings. The maximum absolute atomic E-state index is 11.7. The lowest BCUT2D eigenvalue weighted by molar-refractivity contribution is -0.923. The number of nitrogens with zero attached hydrogens (tertiary/aromatic N) is 1. The number of esters is 1. The lowest BCUT2D eigenvalue weighted by atomic mass is 10.3. The highest BCUT2D eigenvalue weighted by atomic mass is 31.2. The molecule has 0 aliphatic carbocycles. The number of phosphoric ester groups is 1. The van der Waals surface area contributed by atoms with E-state index in [-0.39, 0.29) is 19.8 Å². The largest absolute Gasteiger partial charge is 0.756 e. The van der Waals surface area contributed by atoms with Gasteiger partial charge in [0.05, 0.1) is 46.0 Å². The van der Waals surface area contributed by atoms with Gasteiger partial charge in [-0.3, -0.25) is 4.57 Å². The van der Waals surface area contributed by atoms with Gasteiger partial charge in [-0.05, 0) is 40.5 Å². The first-order valence-electron chi connectivity index (χ1n) is 8.99. The number of quaternary nitrogens is 1. The molecule has 148 valence electrons. The second kappa shape index (κ2) is 12.6. The predicted molar refractivity (Wildman–Crippen MR) is 95.9 cm³/mol. The second-order valence-electron chi connectivity index (χ2n) is 6.10. The Morgan fingerprint density at radius 1 is 1.00 bits per heavy atom. The van der Waals surface area contributed by atoms with Crippen molar-refractivity contribution in [3.05, 3.63) is 12.2 Å². The van der Waals surface area contributed by atoms with Crippen LogP contribution in [0.2, 0.25) is 0 Å². The van der Waals surface area contributed by atoms with Gasteiger partial charge in [-0.2, -0.15) is 0 Å². The van der Waals surface area contributed by atoms with Crippen molar-refractivity contribution in [1.82, 2.24) is 0 Å². The normalized spacial score (nSPS) is 14.1. The lowest BCUT2D eigenvalue weighted by Crippen LogP contribution is -2.48. The van der Waals surface area contributed by atoms with Gasteiger partial charge >= 0.3 is 5.97 Å². The zero-order valence-corrected chi connectivity index (χ0v) is 17.0. The number of carbonyl (C=O) groups excluding carboxylic acids is 1. The average molecular weight is 379 g/mol. The molecule has 0 radical (unpaired) electrons. The maximum atomic E-state index is 11.7. The Morgan fingerprint density at radius 3 is 1.96 bits per heavy atom. The molecule has 7 nitrogen and oxygen atoms in total. The van der Waals surface area contributed by atoms with E-state index in [1.807, 2.05) is 0 Å². The summed E-state index contributed by atoms with van der Waals surface area (Å²) in [6, 6.07) is 0. The van der Waals surface area contributed by atoms with Gasteiger partial charge < -0.3 is 23.2 Å². The van der Waals surface area contributed by atoms with E-state index < -0.39 is 13.8 Å². The van der Waals surface area contributed by atoms with Crippen LogP contribution in [-0.4, -0.2) is 56.5 Å². The van der Waals surface area contributed by atoms with E-state index in [9.17, 15) is 14.3 Å². The molecule has 0 aliphatic rings. The number of unbranched alkanes of at least 4 members (excludes halogenated alkanes) is 1. The monoisotopic (exact) mass is 379 g/mol. The van der Waals surface area contributed by atoms with Gasteiger partial charge in [-0.25, -0.2) is 4.79 Å². The first kappa shape index (κ1) is 24.3. The highest BCUT2D eigenvalue weighted by molar-refractivity contribution is 7.45. The third kappa shape index (κ3) is 10.8. The first-order chi connectivity index (χ1) is 11.7. The summed E-state index contributed by atoms with van der Waals surface area (Å²) in [6.45, 7) is 15.8. The van der Waals surface area contributed by atoms with Crippen molar-refractivity contribution in [2.75, 3.05) is 46.0 Å². The Morgan fingerprint density at radius 2 is 1.48 bits per heavy atom. The number of carbonyl (C=O) groups is 1. The molecule has 25 heavy (non-hydrogen) atoms. The van der Waals surface area contributed by atoms with Crippen LogP contribution in [0.5, 0.6) is 0 Å². The molecule has 0 heterocycles. The van der Waals surface area contributed by atoms with Crippen LogP contribution in [-0.2, 0) is 23.1 Å². The predicted octanol–water partition coefficient (Wildman–Crippen LogP) is 2.65. The fraction of sp³-hybridized carbons (Fsp3) is 0.824. The molecule has 0 aromatic rings. The molecule has 0 saturated heterocycles. The van der Waals surface area contributed by atoms with Crippen molar-refractivity contribution in [2.45, 2.75) is 47.0 Å². The van der Waals surface area contributed by atoms with E-state index in [0.717, 1.165) is 30.7 Å². The second-order valence-corrected chi connectivity index (χ2v) is 7.52. The van der Waals surface area contributed by atoms with Crippen molar-refractivity contribution in [3.8, 4) is 0 Å². The summed E-state index contributed by atoms with van der Waals surface area (Å²) in [4.78, 5) is 22.8. The molecule has 0 bridgehead atoms. The van der Waals surface area contributed by atoms with Crippen molar-refractivity contribution in [2.24, 2.45) is 0 Å². The zero-order chi connectivity index (χ0) is 19.3. The maximum Gasteiger partial charge on any atom is 0.333 e. The summed E-state index contributed by atoms with van der Waals surface area (Å²) < 4.78 is 27.2. The van der Waals surface area contributed by atoms with Gasteiger partial charge in [0.2, 0.25) is 0 Å². The quantitative estimate of drug-likeness (QED) is 0.143. The van der Waals surface area contributed by atoms with Crippen LogP contribution in [0.15, 0.2) is 12.2 Å². The molecule has 0 aromatic carbocycles. The SMILES string of the molecule is C=C(C)C(=O)OCCCCOP(=O)([O-])OCCC[N+](CC)(CC)CC. The topological polar surface area (TPSA) is 84.9 Å². The molecule has 0 amide bonds. The van der Waals surface area contributed by atoms with Crippen molar-refractivity contribution in [1.29, 1.82) is 0 Å². The Hall–Kier alpha value is -0.720. The summed E-state index contributed by atoms with van der Waals surface area (Å²) in [5.74, 6) is -0.445. The smallest absolute Gasteiger partial charge is 0.333 e. The van der Waals surface area contributed by atoms with E-state index in [1.165, 1.54) is 0 Å². The summed E-state index contributed by atoms with van der Waals surface area (Å²) in [5.41, 5.74) is 0.338. The standard InChI is InChI=1S/C17H34NO6P/c1-6-18(7-2,8-3)12-11-15-24-25(20,21)23-14-10-9-13-22-17(19)16(4)5/h4,6-15H2,1-3,5H3. The fourth-order valence-corrected chi connectivity index (χ4v) is 3.21. The third-order valence-electron chi connectivity index (χ3n) is 4.41. The summed E-state index contributed by atoms with van der Waals surface area (Å²) in [7, 11) is -4.26. The van der Waals surface area contributed by atoms with Gasteiger partial charge in [-0.15, -0.1) is 0 Å². The molecule has 0 N–H and O–H groups in total. The van der Waals surface area contributed by atoms with Crippen LogP contribution in [0.3, 0.4) is 0 Å². The molecule has 1 unspecified atom stereocenters. The van der Waals surface area contributed by atoms with Crippen molar-refractivity contribution in [3.63, 3.8) is 0 Å². The Balaban J connectivity index is 3.86. The Kier molecular flexibility index (Phi) is 12.2. The number of rotatable bonds is 15. The van der Waals surface area contributed by atoms with E-state index in [1.54, 1.807) is 6.92 Å². The molecular formula is C17H34NO6P. The Bertz CT molecular complexity index is 442. The fourth-order valence-electron chi connectivity index (χ4n) is 2.43.